The number of halogens is 3. The lowest BCUT2D eigenvalue weighted by molar-refractivity contribution is 0.242. The number of carbonyl (C=O) groups is 1. The van der Waals surface area contributed by atoms with E-state index >= 15 is 0 Å². The Labute approximate surface area is 239 Å². The predicted octanol–water partition coefficient (Wildman–Crippen LogP) is 9.30. The number of nitrogens with zero attached hydrogens (tertiary/aromatic N) is 2. The van der Waals surface area contributed by atoms with Crippen LogP contribution in [0.2, 0.25) is 9.49 Å². The second kappa shape index (κ2) is 12.2. The van der Waals surface area contributed by atoms with Crippen LogP contribution in [-0.4, -0.2) is 15.6 Å². The highest BCUT2D eigenvalue weighted by molar-refractivity contribution is 9.10. The maximum atomic E-state index is 13.5. The number of hydrogen-bond acceptors (Lipinski definition) is 3. The molecule has 8 heteroatoms. The smallest absolute Gasteiger partial charge is 0.326 e. The van der Waals surface area contributed by atoms with Crippen molar-refractivity contribution in [3.8, 4) is 0 Å². The third kappa shape index (κ3) is 6.48. The number of thiazole rings is 1. The van der Waals surface area contributed by atoms with E-state index in [4.69, 9.17) is 23.2 Å². The normalized spacial score (nSPS) is 16.0. The van der Waals surface area contributed by atoms with Crippen molar-refractivity contribution in [2.45, 2.75) is 51.5 Å². The molecule has 0 radical (unpaired) electrons. The van der Waals surface area contributed by atoms with Gasteiger partial charge in [0.05, 0.1) is 12.1 Å². The quantitative estimate of drug-likeness (QED) is 0.235. The molecule has 0 saturated carbocycles. The topological polar surface area (TPSA) is 46.9 Å². The zero-order valence-corrected chi connectivity index (χ0v) is 24.3. The van der Waals surface area contributed by atoms with Gasteiger partial charge < -0.3 is 5.32 Å². The second-order valence-corrected chi connectivity index (χ2v) is 12.5. The van der Waals surface area contributed by atoms with Crippen molar-refractivity contribution in [1.82, 2.24) is 14.9 Å². The number of carbonyl (C=O) groups excluding carboxylic acids is 1. The number of amides is 1. The Morgan fingerprint density at radius 3 is 2.78 bits per heavy atom. The Balaban J connectivity index is 1.31. The Hall–Kier alpha value is -2.12. The number of benzene rings is 2. The van der Waals surface area contributed by atoms with Crippen LogP contribution >= 0.6 is 50.5 Å². The average Bonchev–Trinajstić information content (AvgIpc) is 3.42. The monoisotopic (exact) mass is 615 g/mol. The van der Waals surface area contributed by atoms with E-state index in [0.29, 0.717) is 16.9 Å². The van der Waals surface area contributed by atoms with Crippen molar-refractivity contribution in [2.24, 2.45) is 5.92 Å². The van der Waals surface area contributed by atoms with Gasteiger partial charge in [-0.15, -0.1) is 11.3 Å². The van der Waals surface area contributed by atoms with Gasteiger partial charge in [0.2, 0.25) is 0 Å². The van der Waals surface area contributed by atoms with E-state index < -0.39 is 0 Å². The third-order valence-corrected chi connectivity index (χ3v) is 8.90. The fourth-order valence-electron chi connectivity index (χ4n) is 5.23. The van der Waals surface area contributed by atoms with Crippen LogP contribution < -0.4 is 5.32 Å². The van der Waals surface area contributed by atoms with Gasteiger partial charge in [-0.05, 0) is 85.9 Å². The van der Waals surface area contributed by atoms with Crippen molar-refractivity contribution in [3.05, 3.63) is 90.4 Å². The van der Waals surface area contributed by atoms with Crippen molar-refractivity contribution in [2.75, 3.05) is 0 Å². The Morgan fingerprint density at radius 1 is 1.16 bits per heavy atom. The first-order valence-electron chi connectivity index (χ1n) is 12.6. The summed E-state index contributed by atoms with van der Waals surface area (Å²) in [5, 5.41) is 5.02. The number of allylic oxidation sites excluding steroid dienone is 1. The maximum Gasteiger partial charge on any atom is 0.326 e. The molecule has 4 aromatic rings. The Morgan fingerprint density at radius 2 is 2.00 bits per heavy atom. The van der Waals surface area contributed by atoms with Crippen LogP contribution in [0.25, 0.3) is 17.0 Å². The number of fused-ring (bicyclic) bond motifs is 3. The van der Waals surface area contributed by atoms with E-state index in [1.54, 1.807) is 6.20 Å². The summed E-state index contributed by atoms with van der Waals surface area (Å²) >= 11 is 17.0. The molecule has 0 saturated heterocycles. The molecule has 2 aromatic carbocycles. The standard InChI is InChI=1S/C29H28BrCl2N3OS/c30-21-11-15-27-25(16-21)24-7-3-6-19(4-1-2-5-20-8-12-22(31)13-9-20)10-14-26(24)35(27)29(36)34-18-23-17-33-28(32)37-23/h2,5,8-9,11-13,15-17,19H,1,3-4,6-7,10,14,18H2,(H,34,36)/b5-2+. The van der Waals surface area contributed by atoms with Gasteiger partial charge in [0.15, 0.2) is 4.47 Å². The van der Waals surface area contributed by atoms with Crippen LogP contribution in [-0.2, 0) is 19.4 Å². The van der Waals surface area contributed by atoms with Crippen LogP contribution in [0.5, 0.6) is 0 Å². The summed E-state index contributed by atoms with van der Waals surface area (Å²) in [6, 6.07) is 14.1. The van der Waals surface area contributed by atoms with Crippen LogP contribution in [0, 0.1) is 5.92 Å². The van der Waals surface area contributed by atoms with Crippen LogP contribution in [0.4, 0.5) is 4.79 Å². The lowest BCUT2D eigenvalue weighted by Gasteiger charge is -2.21. The summed E-state index contributed by atoms with van der Waals surface area (Å²) in [6.45, 7) is 0.413. The van der Waals surface area contributed by atoms with Crippen molar-refractivity contribution in [1.29, 1.82) is 0 Å². The molecule has 1 unspecified atom stereocenters. The molecule has 1 aliphatic rings. The molecule has 2 aromatic heterocycles. The molecule has 1 atom stereocenters. The summed E-state index contributed by atoms with van der Waals surface area (Å²) < 4.78 is 3.43. The van der Waals surface area contributed by atoms with E-state index in [-0.39, 0.29) is 6.03 Å². The summed E-state index contributed by atoms with van der Waals surface area (Å²) in [5.74, 6) is 0.642. The van der Waals surface area contributed by atoms with Crippen LogP contribution in [0.1, 0.15) is 53.8 Å². The average molecular weight is 617 g/mol. The maximum absolute atomic E-state index is 13.5. The molecule has 37 heavy (non-hydrogen) atoms. The number of rotatable bonds is 6. The SMILES string of the molecule is O=C(NCc1cnc(Cl)s1)n1c2c(c3cc(Br)ccc31)CCCC(CC/C=C/c1ccc(Cl)cc1)CC2. The minimum atomic E-state index is -0.0962. The highest BCUT2D eigenvalue weighted by atomic mass is 79.9. The highest BCUT2D eigenvalue weighted by Crippen LogP contribution is 2.35. The Bertz CT molecular complexity index is 1430. The number of hydrogen-bond donors (Lipinski definition) is 1. The Kier molecular flexibility index (Phi) is 8.71. The molecule has 2 heterocycles. The van der Waals surface area contributed by atoms with Gasteiger partial charge in [-0.3, -0.25) is 4.57 Å². The largest absolute Gasteiger partial charge is 0.332 e. The summed E-state index contributed by atoms with van der Waals surface area (Å²) in [4.78, 5) is 18.5. The third-order valence-electron chi connectivity index (χ3n) is 7.04. The number of nitrogens with one attached hydrogen (secondary N) is 1. The molecule has 4 nitrogen and oxygen atoms in total. The van der Waals surface area contributed by atoms with Crippen molar-refractivity contribution in [3.63, 3.8) is 0 Å². The lowest BCUT2D eigenvalue weighted by Crippen LogP contribution is -2.29. The van der Waals surface area contributed by atoms with Crippen LogP contribution in [0.15, 0.2) is 59.2 Å². The first-order chi connectivity index (χ1) is 18.0. The molecule has 192 valence electrons. The van der Waals surface area contributed by atoms with Gasteiger partial charge in [0.25, 0.3) is 0 Å². The van der Waals surface area contributed by atoms with E-state index in [1.807, 2.05) is 41.0 Å². The summed E-state index contributed by atoms with van der Waals surface area (Å²) in [5.41, 5.74) is 4.61. The zero-order valence-electron chi connectivity index (χ0n) is 20.4. The minimum absolute atomic E-state index is 0.0962. The summed E-state index contributed by atoms with van der Waals surface area (Å²) in [6.07, 6.45) is 13.7. The molecule has 5 rings (SSSR count). The van der Waals surface area contributed by atoms with Crippen LogP contribution in [0.3, 0.4) is 0 Å². The van der Waals surface area contributed by atoms with Gasteiger partial charge in [-0.25, -0.2) is 9.78 Å². The number of aromatic nitrogens is 2. The fraction of sp³-hybridized carbons (Fsp3) is 0.310. The molecule has 1 N–H and O–H groups in total. The molecular formula is C29H28BrCl2N3OS. The van der Waals surface area contributed by atoms with Crippen molar-refractivity contribution >= 4 is 73.5 Å². The van der Waals surface area contributed by atoms with Gasteiger partial charge in [0.1, 0.15) is 0 Å². The highest BCUT2D eigenvalue weighted by Gasteiger charge is 2.24. The second-order valence-electron chi connectivity index (χ2n) is 9.49. The van der Waals surface area contributed by atoms with Gasteiger partial charge in [-0.2, -0.15) is 0 Å². The zero-order chi connectivity index (χ0) is 25.8. The lowest BCUT2D eigenvalue weighted by atomic mass is 9.86. The number of aryl methyl sites for hydroxylation is 1. The molecule has 0 bridgehead atoms. The molecule has 1 amide bonds. The first kappa shape index (κ1) is 26.5. The van der Waals surface area contributed by atoms with E-state index in [1.165, 1.54) is 34.3 Å². The first-order valence-corrected chi connectivity index (χ1v) is 15.0. The van der Waals surface area contributed by atoms with Crippen molar-refractivity contribution < 1.29 is 4.79 Å². The van der Waals surface area contributed by atoms with E-state index in [9.17, 15) is 4.79 Å². The fourth-order valence-corrected chi connectivity index (χ4v) is 6.63. The molecule has 0 fully saturated rings. The van der Waals surface area contributed by atoms with E-state index in [0.717, 1.165) is 64.1 Å². The van der Waals surface area contributed by atoms with Gasteiger partial charge in [-0.1, -0.05) is 69.8 Å². The minimum Gasteiger partial charge on any atom is -0.332 e. The molecule has 0 spiro atoms. The van der Waals surface area contributed by atoms with E-state index in [2.05, 4.69) is 44.4 Å². The summed E-state index contributed by atoms with van der Waals surface area (Å²) in [7, 11) is 0. The molecule has 0 aliphatic heterocycles. The van der Waals surface area contributed by atoms with Gasteiger partial charge in [0, 0.05) is 31.6 Å². The predicted molar refractivity (Wildman–Crippen MR) is 159 cm³/mol. The molecular weight excluding hydrogens is 589 g/mol. The molecule has 1 aliphatic carbocycles. The van der Waals surface area contributed by atoms with Gasteiger partial charge >= 0.3 is 6.03 Å².